The van der Waals surface area contributed by atoms with E-state index >= 15 is 0 Å². The summed E-state index contributed by atoms with van der Waals surface area (Å²) in [6, 6.07) is 9.58. The van der Waals surface area contributed by atoms with E-state index < -0.39 is 0 Å². The number of carbonyl (C=O) groups is 1. The number of nitriles is 1. The van der Waals surface area contributed by atoms with Crippen LogP contribution in [0.25, 0.3) is 11.5 Å². The van der Waals surface area contributed by atoms with Crippen molar-refractivity contribution < 1.29 is 9.42 Å². The molecule has 2 aromatic heterocycles. The van der Waals surface area contributed by atoms with Gasteiger partial charge in [0.15, 0.2) is 16.7 Å². The first-order valence-corrected chi connectivity index (χ1v) is 8.75. The molecule has 0 aliphatic rings. The molecule has 0 aliphatic carbocycles. The van der Waals surface area contributed by atoms with E-state index in [1.807, 2.05) is 18.2 Å². The van der Waals surface area contributed by atoms with Gasteiger partial charge in [-0.2, -0.15) is 5.26 Å². The summed E-state index contributed by atoms with van der Waals surface area (Å²) in [6.07, 6.45) is 0.310. The number of hydrogen-bond acceptors (Lipinski definition) is 8. The Morgan fingerprint density at radius 2 is 2.15 bits per heavy atom. The van der Waals surface area contributed by atoms with Crippen LogP contribution in [0, 0.1) is 11.3 Å². The summed E-state index contributed by atoms with van der Waals surface area (Å²) in [5.74, 6) is 1.01. The monoisotopic (exact) mass is 369 g/mol. The lowest BCUT2D eigenvalue weighted by Crippen LogP contribution is -2.11. The van der Waals surface area contributed by atoms with Gasteiger partial charge in [-0.3, -0.25) is 4.79 Å². The average Bonchev–Trinajstić information content (AvgIpc) is 3.26. The van der Waals surface area contributed by atoms with Crippen LogP contribution in [0.2, 0.25) is 0 Å². The van der Waals surface area contributed by atoms with Crippen LogP contribution in [0.4, 0.5) is 5.82 Å². The quantitative estimate of drug-likeness (QED) is 0.657. The van der Waals surface area contributed by atoms with Gasteiger partial charge in [-0.05, 0) is 21.9 Å². The molecule has 0 saturated carbocycles. The van der Waals surface area contributed by atoms with Crippen LogP contribution in [-0.2, 0) is 17.6 Å². The number of carbonyl (C=O) groups excluding carboxylic acids is 1. The van der Waals surface area contributed by atoms with E-state index in [1.165, 1.54) is 11.8 Å². The van der Waals surface area contributed by atoms with Gasteiger partial charge < -0.3 is 9.88 Å². The smallest absolute Gasteiger partial charge is 0.225 e. The molecule has 0 radical (unpaired) electrons. The number of rotatable bonds is 6. The van der Waals surface area contributed by atoms with E-state index in [2.05, 4.69) is 31.9 Å². The SMILES string of the molecule is CCC(=O)Nc1nonc1-c1nnc(SCc2ccccc2C#N)n1C. The van der Waals surface area contributed by atoms with E-state index in [0.717, 1.165) is 5.56 Å². The Morgan fingerprint density at radius 1 is 1.35 bits per heavy atom. The Labute approximate surface area is 153 Å². The van der Waals surface area contributed by atoms with E-state index in [-0.39, 0.29) is 11.7 Å². The summed E-state index contributed by atoms with van der Waals surface area (Å²) in [6.45, 7) is 1.73. The summed E-state index contributed by atoms with van der Waals surface area (Å²) >= 11 is 1.44. The molecule has 132 valence electrons. The Kier molecular flexibility index (Phi) is 5.28. The van der Waals surface area contributed by atoms with Gasteiger partial charge in [0.1, 0.15) is 0 Å². The number of thioether (sulfide) groups is 1. The lowest BCUT2D eigenvalue weighted by molar-refractivity contribution is -0.115. The van der Waals surface area contributed by atoms with Crippen molar-refractivity contribution in [2.45, 2.75) is 24.3 Å². The molecule has 0 atom stereocenters. The van der Waals surface area contributed by atoms with Crippen LogP contribution in [0.5, 0.6) is 0 Å². The number of amides is 1. The second kappa shape index (κ2) is 7.79. The third-order valence-electron chi connectivity index (χ3n) is 3.61. The minimum Gasteiger partial charge on any atom is -0.306 e. The number of benzene rings is 1. The largest absolute Gasteiger partial charge is 0.306 e. The second-order valence-corrected chi connectivity index (χ2v) is 6.23. The summed E-state index contributed by atoms with van der Waals surface area (Å²) in [7, 11) is 1.79. The van der Waals surface area contributed by atoms with Crippen molar-refractivity contribution in [2.24, 2.45) is 7.05 Å². The molecule has 10 heteroatoms. The molecule has 0 bridgehead atoms. The summed E-state index contributed by atoms with van der Waals surface area (Å²) < 4.78 is 6.47. The van der Waals surface area contributed by atoms with Crippen molar-refractivity contribution in [2.75, 3.05) is 5.32 Å². The maximum atomic E-state index is 11.6. The lowest BCUT2D eigenvalue weighted by atomic mass is 10.1. The number of anilines is 1. The number of hydrogen-bond donors (Lipinski definition) is 1. The van der Waals surface area contributed by atoms with Gasteiger partial charge in [0.05, 0.1) is 11.6 Å². The van der Waals surface area contributed by atoms with Crippen LogP contribution < -0.4 is 5.32 Å². The van der Waals surface area contributed by atoms with Crippen molar-refractivity contribution in [3.8, 4) is 17.6 Å². The highest BCUT2D eigenvalue weighted by Crippen LogP contribution is 2.28. The zero-order valence-electron chi connectivity index (χ0n) is 14.1. The molecule has 9 nitrogen and oxygen atoms in total. The predicted octanol–water partition coefficient (Wildman–Crippen LogP) is 2.38. The molecule has 0 spiro atoms. The van der Waals surface area contributed by atoms with Crippen LogP contribution in [0.15, 0.2) is 34.1 Å². The second-order valence-electron chi connectivity index (χ2n) is 5.29. The van der Waals surface area contributed by atoms with Gasteiger partial charge >= 0.3 is 0 Å². The summed E-state index contributed by atoms with van der Waals surface area (Å²) in [5.41, 5.74) is 1.86. The van der Waals surface area contributed by atoms with Crippen LogP contribution >= 0.6 is 11.8 Å². The van der Waals surface area contributed by atoms with Crippen LogP contribution in [-0.4, -0.2) is 31.0 Å². The zero-order chi connectivity index (χ0) is 18.5. The van der Waals surface area contributed by atoms with E-state index in [9.17, 15) is 4.79 Å². The van der Waals surface area contributed by atoms with Gasteiger partial charge in [0.25, 0.3) is 0 Å². The van der Waals surface area contributed by atoms with Crippen molar-refractivity contribution in [3.63, 3.8) is 0 Å². The Morgan fingerprint density at radius 3 is 2.92 bits per heavy atom. The predicted molar refractivity (Wildman–Crippen MR) is 93.9 cm³/mol. The molecule has 3 aromatic rings. The molecule has 0 aliphatic heterocycles. The molecular formula is C16H15N7O2S. The van der Waals surface area contributed by atoms with Crippen molar-refractivity contribution in [3.05, 3.63) is 35.4 Å². The van der Waals surface area contributed by atoms with Crippen molar-refractivity contribution in [1.29, 1.82) is 5.26 Å². The van der Waals surface area contributed by atoms with Crippen LogP contribution in [0.3, 0.4) is 0 Å². The normalized spacial score (nSPS) is 10.5. The molecule has 3 rings (SSSR count). The average molecular weight is 369 g/mol. The third-order valence-corrected chi connectivity index (χ3v) is 4.68. The number of aromatic nitrogens is 5. The maximum absolute atomic E-state index is 11.6. The van der Waals surface area contributed by atoms with Crippen LogP contribution in [0.1, 0.15) is 24.5 Å². The first-order chi connectivity index (χ1) is 12.6. The first-order valence-electron chi connectivity index (χ1n) is 7.77. The molecule has 2 heterocycles. The van der Waals surface area contributed by atoms with Gasteiger partial charge in [0, 0.05) is 19.2 Å². The highest BCUT2D eigenvalue weighted by Gasteiger charge is 2.21. The minimum atomic E-state index is -0.202. The lowest BCUT2D eigenvalue weighted by Gasteiger charge is -2.04. The van der Waals surface area contributed by atoms with Gasteiger partial charge in [-0.1, -0.05) is 36.9 Å². The fraction of sp³-hybridized carbons (Fsp3) is 0.250. The van der Waals surface area contributed by atoms with Crippen molar-refractivity contribution >= 4 is 23.5 Å². The molecule has 26 heavy (non-hydrogen) atoms. The highest BCUT2D eigenvalue weighted by molar-refractivity contribution is 7.98. The van der Waals surface area contributed by atoms with E-state index in [0.29, 0.717) is 34.4 Å². The fourth-order valence-corrected chi connectivity index (χ4v) is 3.10. The topological polar surface area (TPSA) is 123 Å². The van der Waals surface area contributed by atoms with Gasteiger partial charge in [-0.15, -0.1) is 10.2 Å². The number of nitrogens with zero attached hydrogens (tertiary/aromatic N) is 6. The molecule has 0 unspecified atom stereocenters. The number of nitrogens with one attached hydrogen (secondary N) is 1. The van der Waals surface area contributed by atoms with Gasteiger partial charge in [0.2, 0.25) is 11.7 Å². The van der Waals surface area contributed by atoms with E-state index in [4.69, 9.17) is 9.89 Å². The maximum Gasteiger partial charge on any atom is 0.225 e. The Bertz CT molecular complexity index is 973. The molecule has 1 N–H and O–H groups in total. The Hall–Kier alpha value is -3.19. The standard InChI is InChI=1S/C16H15N7O2S/c1-3-12(24)18-14-13(21-25-22-14)15-19-20-16(23(15)2)26-9-11-7-5-4-6-10(11)8-17/h4-7H,3,9H2,1-2H3,(H,18,22,24). The van der Waals surface area contributed by atoms with Crippen molar-refractivity contribution in [1.82, 2.24) is 25.1 Å². The zero-order valence-corrected chi connectivity index (χ0v) is 14.9. The minimum absolute atomic E-state index is 0.202. The van der Waals surface area contributed by atoms with E-state index in [1.54, 1.807) is 24.6 Å². The fourth-order valence-electron chi connectivity index (χ4n) is 2.18. The van der Waals surface area contributed by atoms with Gasteiger partial charge in [-0.25, -0.2) is 4.63 Å². The molecular weight excluding hydrogens is 354 g/mol. The highest BCUT2D eigenvalue weighted by atomic mass is 32.2. The molecule has 1 aromatic carbocycles. The third kappa shape index (κ3) is 3.57. The molecule has 0 fully saturated rings. The molecule has 0 saturated heterocycles. The first kappa shape index (κ1) is 17.6. The Balaban J connectivity index is 1.80. The molecule has 1 amide bonds. The summed E-state index contributed by atoms with van der Waals surface area (Å²) in [4.78, 5) is 11.6. The summed E-state index contributed by atoms with van der Waals surface area (Å²) in [5, 5.41) is 28.2.